The molecule has 0 saturated heterocycles. The predicted octanol–water partition coefficient (Wildman–Crippen LogP) is 3.84. The fourth-order valence-corrected chi connectivity index (χ4v) is 2.20. The van der Waals surface area contributed by atoms with E-state index < -0.39 is 0 Å². The van der Waals surface area contributed by atoms with Crippen molar-refractivity contribution >= 4 is 0 Å². The number of unbranched alkanes of at least 4 members (excludes halogenated alkanes) is 3. The monoisotopic (exact) mass is 263 g/mol. The Kier molecular flexibility index (Phi) is 8.52. The molecule has 0 fully saturated rings. The van der Waals surface area contributed by atoms with Gasteiger partial charge in [0, 0.05) is 12.6 Å². The molecule has 1 atom stereocenters. The van der Waals surface area contributed by atoms with Gasteiger partial charge in [0.05, 0.1) is 0 Å². The maximum Gasteiger partial charge on any atom is 0.0431 e. The number of benzene rings is 1. The summed E-state index contributed by atoms with van der Waals surface area (Å²) in [5, 5.41) is 12.3. The highest BCUT2D eigenvalue weighted by Gasteiger charge is 2.04. The molecule has 0 amide bonds. The highest BCUT2D eigenvalue weighted by atomic mass is 16.2. The molecule has 0 aliphatic rings. The summed E-state index contributed by atoms with van der Waals surface area (Å²) >= 11 is 0. The number of aliphatic hydroxyl groups excluding tert-OH is 1. The molecular formula is C17H29NO. The van der Waals surface area contributed by atoms with Crippen molar-refractivity contribution < 1.29 is 5.11 Å². The summed E-state index contributed by atoms with van der Waals surface area (Å²) in [7, 11) is 0. The summed E-state index contributed by atoms with van der Waals surface area (Å²) < 4.78 is 0. The van der Waals surface area contributed by atoms with Crippen molar-refractivity contribution in [3.05, 3.63) is 35.4 Å². The molecule has 108 valence electrons. The van der Waals surface area contributed by atoms with Crippen LogP contribution in [0.1, 0.15) is 63.1 Å². The van der Waals surface area contributed by atoms with Crippen LogP contribution in [-0.4, -0.2) is 18.3 Å². The Morgan fingerprint density at radius 2 is 1.79 bits per heavy atom. The standard InChI is InChI=1S/C17H29NO/c1-3-4-8-16-9-11-17(12-10-16)15(2)18-13-6-5-7-14-19/h9-12,15,18-19H,3-8,13-14H2,1-2H3. The van der Waals surface area contributed by atoms with E-state index in [4.69, 9.17) is 5.11 Å². The summed E-state index contributed by atoms with van der Waals surface area (Å²) in [4.78, 5) is 0. The van der Waals surface area contributed by atoms with Crippen LogP contribution in [0.25, 0.3) is 0 Å². The summed E-state index contributed by atoms with van der Waals surface area (Å²) in [6.45, 7) is 5.79. The molecule has 0 radical (unpaired) electrons. The first-order valence-electron chi connectivity index (χ1n) is 7.71. The van der Waals surface area contributed by atoms with Crippen LogP contribution < -0.4 is 5.32 Å². The molecule has 2 heteroatoms. The molecule has 0 bridgehead atoms. The largest absolute Gasteiger partial charge is 0.396 e. The number of hydrogen-bond donors (Lipinski definition) is 2. The lowest BCUT2D eigenvalue weighted by Gasteiger charge is -2.14. The molecule has 1 aromatic carbocycles. The van der Waals surface area contributed by atoms with Crippen molar-refractivity contribution in [2.45, 2.75) is 58.4 Å². The van der Waals surface area contributed by atoms with Gasteiger partial charge in [0.1, 0.15) is 0 Å². The Bertz CT molecular complexity index is 321. The molecule has 0 aliphatic carbocycles. The zero-order chi connectivity index (χ0) is 13.9. The van der Waals surface area contributed by atoms with Crippen LogP contribution >= 0.6 is 0 Å². The maximum absolute atomic E-state index is 8.72. The van der Waals surface area contributed by atoms with Crippen molar-refractivity contribution in [1.29, 1.82) is 0 Å². The Labute approximate surface area is 118 Å². The molecule has 2 N–H and O–H groups in total. The van der Waals surface area contributed by atoms with Crippen molar-refractivity contribution in [3.8, 4) is 0 Å². The van der Waals surface area contributed by atoms with E-state index in [-0.39, 0.29) is 0 Å². The average molecular weight is 263 g/mol. The highest BCUT2D eigenvalue weighted by Crippen LogP contribution is 2.14. The van der Waals surface area contributed by atoms with Crippen LogP contribution in [0.2, 0.25) is 0 Å². The predicted molar refractivity (Wildman–Crippen MR) is 82.4 cm³/mol. The van der Waals surface area contributed by atoms with Crippen molar-refractivity contribution in [2.24, 2.45) is 0 Å². The SMILES string of the molecule is CCCCc1ccc(C(C)NCCCCCO)cc1. The fourth-order valence-electron chi connectivity index (χ4n) is 2.20. The molecule has 0 saturated carbocycles. The van der Waals surface area contributed by atoms with Gasteiger partial charge in [0.2, 0.25) is 0 Å². The second-order valence-electron chi connectivity index (χ2n) is 5.31. The van der Waals surface area contributed by atoms with Crippen molar-refractivity contribution in [1.82, 2.24) is 5.32 Å². The van der Waals surface area contributed by atoms with Crippen LogP contribution in [0.5, 0.6) is 0 Å². The Morgan fingerprint density at radius 1 is 1.05 bits per heavy atom. The first-order valence-corrected chi connectivity index (χ1v) is 7.71. The Morgan fingerprint density at radius 3 is 2.42 bits per heavy atom. The van der Waals surface area contributed by atoms with Gasteiger partial charge >= 0.3 is 0 Å². The van der Waals surface area contributed by atoms with Crippen LogP contribution in [0.15, 0.2) is 24.3 Å². The molecule has 2 nitrogen and oxygen atoms in total. The van der Waals surface area contributed by atoms with Crippen molar-refractivity contribution in [3.63, 3.8) is 0 Å². The van der Waals surface area contributed by atoms with Gasteiger partial charge in [-0.1, -0.05) is 37.6 Å². The van der Waals surface area contributed by atoms with E-state index >= 15 is 0 Å². The quantitative estimate of drug-likeness (QED) is 0.629. The lowest BCUT2D eigenvalue weighted by Crippen LogP contribution is -2.19. The van der Waals surface area contributed by atoms with E-state index in [1.807, 2.05) is 0 Å². The molecule has 19 heavy (non-hydrogen) atoms. The van der Waals surface area contributed by atoms with Gasteiger partial charge in [-0.2, -0.15) is 0 Å². The van der Waals surface area contributed by atoms with Gasteiger partial charge in [-0.3, -0.25) is 0 Å². The Hall–Kier alpha value is -0.860. The lowest BCUT2D eigenvalue weighted by atomic mass is 10.0. The van der Waals surface area contributed by atoms with Gasteiger partial charge in [0.25, 0.3) is 0 Å². The zero-order valence-electron chi connectivity index (χ0n) is 12.5. The minimum atomic E-state index is 0.314. The summed E-state index contributed by atoms with van der Waals surface area (Å²) in [5.74, 6) is 0. The van der Waals surface area contributed by atoms with Crippen LogP contribution in [-0.2, 0) is 6.42 Å². The van der Waals surface area contributed by atoms with Crippen molar-refractivity contribution in [2.75, 3.05) is 13.2 Å². The minimum Gasteiger partial charge on any atom is -0.396 e. The third-order valence-corrected chi connectivity index (χ3v) is 3.58. The maximum atomic E-state index is 8.72. The number of hydrogen-bond acceptors (Lipinski definition) is 2. The number of rotatable bonds is 10. The molecular weight excluding hydrogens is 234 g/mol. The van der Waals surface area contributed by atoms with Gasteiger partial charge in [-0.15, -0.1) is 0 Å². The normalized spacial score (nSPS) is 12.6. The van der Waals surface area contributed by atoms with E-state index in [1.165, 1.54) is 30.4 Å². The molecule has 0 aromatic heterocycles. The van der Waals surface area contributed by atoms with Gasteiger partial charge in [0.15, 0.2) is 0 Å². The fraction of sp³-hybridized carbons (Fsp3) is 0.647. The first-order chi connectivity index (χ1) is 9.27. The zero-order valence-corrected chi connectivity index (χ0v) is 12.5. The number of nitrogens with one attached hydrogen (secondary N) is 1. The van der Waals surface area contributed by atoms with E-state index in [0.717, 1.165) is 25.8 Å². The third-order valence-electron chi connectivity index (χ3n) is 3.58. The minimum absolute atomic E-state index is 0.314. The third kappa shape index (κ3) is 6.74. The second-order valence-corrected chi connectivity index (χ2v) is 5.31. The van der Waals surface area contributed by atoms with Crippen LogP contribution in [0, 0.1) is 0 Å². The molecule has 1 unspecified atom stereocenters. The van der Waals surface area contributed by atoms with Crippen LogP contribution in [0.4, 0.5) is 0 Å². The smallest absolute Gasteiger partial charge is 0.0431 e. The first kappa shape index (κ1) is 16.2. The Balaban J connectivity index is 2.29. The summed E-state index contributed by atoms with van der Waals surface area (Å²) in [6.07, 6.45) is 6.89. The van der Waals surface area contributed by atoms with Gasteiger partial charge in [-0.25, -0.2) is 0 Å². The van der Waals surface area contributed by atoms with E-state index in [0.29, 0.717) is 12.6 Å². The van der Waals surface area contributed by atoms with Crippen LogP contribution in [0.3, 0.4) is 0 Å². The molecule has 0 spiro atoms. The van der Waals surface area contributed by atoms with E-state index in [2.05, 4.69) is 43.4 Å². The molecule has 1 aromatic rings. The molecule has 1 rings (SSSR count). The number of aryl methyl sites for hydroxylation is 1. The topological polar surface area (TPSA) is 32.3 Å². The number of aliphatic hydroxyl groups is 1. The lowest BCUT2D eigenvalue weighted by molar-refractivity contribution is 0.282. The summed E-state index contributed by atoms with van der Waals surface area (Å²) in [5.41, 5.74) is 2.81. The van der Waals surface area contributed by atoms with E-state index in [1.54, 1.807) is 0 Å². The average Bonchev–Trinajstić information content (AvgIpc) is 2.45. The van der Waals surface area contributed by atoms with Gasteiger partial charge < -0.3 is 10.4 Å². The highest BCUT2D eigenvalue weighted by molar-refractivity contribution is 5.24. The molecule has 0 aliphatic heterocycles. The molecule has 0 heterocycles. The summed E-state index contributed by atoms with van der Waals surface area (Å²) in [6, 6.07) is 9.42. The van der Waals surface area contributed by atoms with E-state index in [9.17, 15) is 0 Å². The van der Waals surface area contributed by atoms with Gasteiger partial charge in [-0.05, 0) is 56.7 Å². The second kappa shape index (κ2) is 9.99.